The SMILES string of the molecule is CC1=CC=CC=C(C)O1. The van der Waals surface area contributed by atoms with E-state index < -0.39 is 0 Å². The van der Waals surface area contributed by atoms with Gasteiger partial charge in [-0.2, -0.15) is 0 Å². The van der Waals surface area contributed by atoms with Crippen molar-refractivity contribution in [2.45, 2.75) is 13.8 Å². The highest BCUT2D eigenvalue weighted by atomic mass is 16.5. The van der Waals surface area contributed by atoms with Crippen LogP contribution in [-0.2, 0) is 4.74 Å². The normalized spacial score (nSPS) is 17.6. The summed E-state index contributed by atoms with van der Waals surface area (Å²) in [6.45, 7) is 3.88. The van der Waals surface area contributed by atoms with Crippen molar-refractivity contribution in [1.82, 2.24) is 0 Å². The Balaban J connectivity index is 2.77. The molecule has 0 radical (unpaired) electrons. The van der Waals surface area contributed by atoms with Crippen molar-refractivity contribution in [3.8, 4) is 0 Å². The molecular formula is C8H10O. The molecule has 0 spiro atoms. The van der Waals surface area contributed by atoms with Gasteiger partial charge in [0, 0.05) is 0 Å². The van der Waals surface area contributed by atoms with Crippen LogP contribution in [0.2, 0.25) is 0 Å². The third-order valence-corrected chi connectivity index (χ3v) is 1.09. The summed E-state index contributed by atoms with van der Waals surface area (Å²) in [6, 6.07) is 0. The molecule has 0 saturated carbocycles. The van der Waals surface area contributed by atoms with Crippen LogP contribution in [0.5, 0.6) is 0 Å². The Kier molecular flexibility index (Phi) is 1.73. The summed E-state index contributed by atoms with van der Waals surface area (Å²) >= 11 is 0. The number of hydrogen-bond acceptors (Lipinski definition) is 1. The largest absolute Gasteiger partial charge is 0.467 e. The highest BCUT2D eigenvalue weighted by molar-refractivity contribution is 5.18. The molecule has 0 saturated heterocycles. The fourth-order valence-corrected chi connectivity index (χ4v) is 0.704. The monoisotopic (exact) mass is 122 g/mol. The molecule has 0 amide bonds. The van der Waals surface area contributed by atoms with Crippen molar-refractivity contribution in [3.05, 3.63) is 35.8 Å². The summed E-state index contributed by atoms with van der Waals surface area (Å²) < 4.78 is 5.27. The fourth-order valence-electron chi connectivity index (χ4n) is 0.704. The second kappa shape index (κ2) is 2.53. The molecule has 0 aliphatic carbocycles. The minimum absolute atomic E-state index is 0.942. The number of rotatable bonds is 0. The second-order valence-corrected chi connectivity index (χ2v) is 2.04. The standard InChI is InChI=1S/C8H10O/c1-7-5-3-4-6-8(2)9-7/h3-6H,1-2H3. The molecule has 1 heteroatoms. The van der Waals surface area contributed by atoms with Crippen molar-refractivity contribution in [2.24, 2.45) is 0 Å². The molecule has 0 aromatic rings. The number of ether oxygens (including phenoxy) is 1. The van der Waals surface area contributed by atoms with E-state index in [1.807, 2.05) is 38.2 Å². The zero-order valence-corrected chi connectivity index (χ0v) is 5.72. The Labute approximate surface area is 55.3 Å². The highest BCUT2D eigenvalue weighted by Gasteiger charge is 1.91. The third-order valence-electron chi connectivity index (χ3n) is 1.09. The lowest BCUT2D eigenvalue weighted by atomic mass is 10.4. The van der Waals surface area contributed by atoms with Gasteiger partial charge in [0.15, 0.2) is 0 Å². The van der Waals surface area contributed by atoms with Gasteiger partial charge in [-0.15, -0.1) is 0 Å². The van der Waals surface area contributed by atoms with Crippen LogP contribution >= 0.6 is 0 Å². The fraction of sp³-hybridized carbons (Fsp3) is 0.250. The number of allylic oxidation sites excluding steroid dienone is 6. The molecule has 0 aromatic carbocycles. The molecule has 0 N–H and O–H groups in total. The zero-order chi connectivity index (χ0) is 6.69. The van der Waals surface area contributed by atoms with Gasteiger partial charge in [-0.05, 0) is 26.0 Å². The van der Waals surface area contributed by atoms with Crippen LogP contribution in [-0.4, -0.2) is 0 Å². The first-order chi connectivity index (χ1) is 4.29. The third kappa shape index (κ3) is 1.76. The van der Waals surface area contributed by atoms with Crippen LogP contribution in [0.4, 0.5) is 0 Å². The maximum absolute atomic E-state index is 5.27. The second-order valence-electron chi connectivity index (χ2n) is 2.04. The van der Waals surface area contributed by atoms with Crippen molar-refractivity contribution < 1.29 is 4.74 Å². The first-order valence-corrected chi connectivity index (χ1v) is 2.99. The average molecular weight is 122 g/mol. The molecule has 1 aliphatic rings. The van der Waals surface area contributed by atoms with Crippen LogP contribution in [0, 0.1) is 0 Å². The topological polar surface area (TPSA) is 9.23 Å². The van der Waals surface area contributed by atoms with E-state index in [1.165, 1.54) is 0 Å². The molecule has 1 rings (SSSR count). The van der Waals surface area contributed by atoms with Crippen LogP contribution in [0.25, 0.3) is 0 Å². The van der Waals surface area contributed by atoms with E-state index in [0.29, 0.717) is 0 Å². The maximum Gasteiger partial charge on any atom is 0.100 e. The Morgan fingerprint density at radius 1 is 1.00 bits per heavy atom. The van der Waals surface area contributed by atoms with Gasteiger partial charge < -0.3 is 4.74 Å². The van der Waals surface area contributed by atoms with Gasteiger partial charge in [-0.25, -0.2) is 0 Å². The molecular weight excluding hydrogens is 112 g/mol. The molecule has 0 bridgehead atoms. The van der Waals surface area contributed by atoms with Crippen molar-refractivity contribution in [1.29, 1.82) is 0 Å². The molecule has 48 valence electrons. The molecule has 1 aliphatic heterocycles. The van der Waals surface area contributed by atoms with Crippen molar-refractivity contribution in [3.63, 3.8) is 0 Å². The first-order valence-electron chi connectivity index (χ1n) is 2.99. The van der Waals surface area contributed by atoms with Crippen LogP contribution in [0.1, 0.15) is 13.8 Å². The van der Waals surface area contributed by atoms with Crippen molar-refractivity contribution >= 4 is 0 Å². The van der Waals surface area contributed by atoms with Crippen LogP contribution in [0.3, 0.4) is 0 Å². The van der Waals surface area contributed by atoms with Crippen LogP contribution in [0.15, 0.2) is 35.8 Å². The Bertz CT molecular complexity index is 165. The van der Waals surface area contributed by atoms with E-state index in [4.69, 9.17) is 4.74 Å². The Morgan fingerprint density at radius 3 is 1.89 bits per heavy atom. The summed E-state index contributed by atoms with van der Waals surface area (Å²) in [4.78, 5) is 0. The van der Waals surface area contributed by atoms with E-state index in [-0.39, 0.29) is 0 Å². The van der Waals surface area contributed by atoms with Gasteiger partial charge in [0.1, 0.15) is 11.5 Å². The first kappa shape index (κ1) is 6.14. The number of hydrogen-bond donors (Lipinski definition) is 0. The quantitative estimate of drug-likeness (QED) is 0.479. The van der Waals surface area contributed by atoms with Gasteiger partial charge in [0.25, 0.3) is 0 Å². The summed E-state index contributed by atoms with van der Waals surface area (Å²) in [5.74, 6) is 1.88. The molecule has 9 heavy (non-hydrogen) atoms. The average Bonchev–Trinajstić information content (AvgIpc) is 1.93. The van der Waals surface area contributed by atoms with E-state index in [9.17, 15) is 0 Å². The minimum atomic E-state index is 0.942. The predicted octanol–water partition coefficient (Wildman–Crippen LogP) is 2.38. The maximum atomic E-state index is 5.27. The summed E-state index contributed by atoms with van der Waals surface area (Å²) in [5.41, 5.74) is 0. The Hall–Kier alpha value is -0.980. The summed E-state index contributed by atoms with van der Waals surface area (Å²) in [7, 11) is 0. The predicted molar refractivity (Wildman–Crippen MR) is 37.7 cm³/mol. The van der Waals surface area contributed by atoms with Gasteiger partial charge in [-0.3, -0.25) is 0 Å². The van der Waals surface area contributed by atoms with E-state index in [2.05, 4.69) is 0 Å². The van der Waals surface area contributed by atoms with Gasteiger partial charge in [-0.1, -0.05) is 12.2 Å². The van der Waals surface area contributed by atoms with Gasteiger partial charge >= 0.3 is 0 Å². The van der Waals surface area contributed by atoms with E-state index >= 15 is 0 Å². The van der Waals surface area contributed by atoms with E-state index in [0.717, 1.165) is 11.5 Å². The van der Waals surface area contributed by atoms with E-state index in [1.54, 1.807) is 0 Å². The van der Waals surface area contributed by atoms with Crippen LogP contribution < -0.4 is 0 Å². The zero-order valence-electron chi connectivity index (χ0n) is 5.72. The van der Waals surface area contributed by atoms with Crippen molar-refractivity contribution in [2.75, 3.05) is 0 Å². The smallest absolute Gasteiger partial charge is 0.100 e. The van der Waals surface area contributed by atoms with Gasteiger partial charge in [0.05, 0.1) is 0 Å². The summed E-state index contributed by atoms with van der Waals surface area (Å²) in [5, 5.41) is 0. The summed E-state index contributed by atoms with van der Waals surface area (Å²) in [6.07, 6.45) is 7.80. The molecule has 1 nitrogen and oxygen atoms in total. The molecule has 0 fully saturated rings. The Morgan fingerprint density at radius 2 is 1.44 bits per heavy atom. The molecule has 0 atom stereocenters. The molecule has 1 heterocycles. The molecule has 0 aromatic heterocycles. The molecule has 0 unspecified atom stereocenters. The lowest BCUT2D eigenvalue weighted by Gasteiger charge is -2.01. The minimum Gasteiger partial charge on any atom is -0.467 e. The highest BCUT2D eigenvalue weighted by Crippen LogP contribution is 2.08. The lowest BCUT2D eigenvalue weighted by molar-refractivity contribution is 0.310. The van der Waals surface area contributed by atoms with Gasteiger partial charge in [0.2, 0.25) is 0 Å². The lowest BCUT2D eigenvalue weighted by Crippen LogP contribution is -1.81.